The molecule has 0 spiro atoms. The molecule has 0 aromatic heterocycles. The Labute approximate surface area is 156 Å². The van der Waals surface area contributed by atoms with Crippen molar-refractivity contribution in [2.45, 2.75) is 77.0 Å². The van der Waals surface area contributed by atoms with Crippen LogP contribution in [-0.2, 0) is 19.7 Å². The standard InChI is InChI=1S/C17H31N3O5S/c1-6-7-10-17(2,3)25-16(22)20-14-9-8-12(15(21)19(4)5)11-13(14)18-26(20,23)24/h12-14,18H,6-11H2,1-5H3/t12-,13+,14-/m0/s1. The summed E-state index contributed by atoms with van der Waals surface area (Å²) in [5.41, 5.74) is -0.723. The predicted molar refractivity (Wildman–Crippen MR) is 97.6 cm³/mol. The molecule has 9 heteroatoms. The van der Waals surface area contributed by atoms with E-state index in [0.29, 0.717) is 25.7 Å². The Morgan fingerprint density at radius 2 is 1.92 bits per heavy atom. The molecule has 2 rings (SSSR count). The molecule has 2 amide bonds. The Balaban J connectivity index is 2.11. The number of carbonyl (C=O) groups is 2. The van der Waals surface area contributed by atoms with Crippen LogP contribution in [0.15, 0.2) is 0 Å². The van der Waals surface area contributed by atoms with Crippen molar-refractivity contribution < 1.29 is 22.7 Å². The highest BCUT2D eigenvalue weighted by Crippen LogP contribution is 2.35. The maximum Gasteiger partial charge on any atom is 0.425 e. The minimum atomic E-state index is -3.95. The summed E-state index contributed by atoms with van der Waals surface area (Å²) >= 11 is 0. The third kappa shape index (κ3) is 4.49. The van der Waals surface area contributed by atoms with Gasteiger partial charge >= 0.3 is 16.3 Å². The molecule has 150 valence electrons. The molecular formula is C17H31N3O5S. The van der Waals surface area contributed by atoms with Gasteiger partial charge in [-0.1, -0.05) is 13.3 Å². The largest absolute Gasteiger partial charge is 0.443 e. The quantitative estimate of drug-likeness (QED) is 0.774. The smallest absolute Gasteiger partial charge is 0.425 e. The molecule has 0 aromatic carbocycles. The third-order valence-electron chi connectivity index (χ3n) is 5.14. The minimum Gasteiger partial charge on any atom is -0.443 e. The zero-order chi connectivity index (χ0) is 19.7. The number of fused-ring (bicyclic) bond motifs is 1. The molecule has 0 unspecified atom stereocenters. The summed E-state index contributed by atoms with van der Waals surface area (Å²) in [5.74, 6) is -0.240. The monoisotopic (exact) mass is 389 g/mol. The van der Waals surface area contributed by atoms with Gasteiger partial charge in [0.2, 0.25) is 5.91 Å². The molecule has 2 aliphatic rings. The van der Waals surface area contributed by atoms with Crippen molar-refractivity contribution in [2.24, 2.45) is 5.92 Å². The van der Waals surface area contributed by atoms with E-state index < -0.39 is 34.0 Å². The summed E-state index contributed by atoms with van der Waals surface area (Å²) in [6.45, 7) is 5.63. The second kappa shape index (κ2) is 7.72. The Morgan fingerprint density at radius 1 is 1.27 bits per heavy atom. The van der Waals surface area contributed by atoms with Gasteiger partial charge in [-0.3, -0.25) is 4.79 Å². The van der Waals surface area contributed by atoms with Gasteiger partial charge in [0.15, 0.2) is 0 Å². The normalized spacial score (nSPS) is 27.7. The molecule has 8 nitrogen and oxygen atoms in total. The summed E-state index contributed by atoms with van der Waals surface area (Å²) in [7, 11) is -0.568. The van der Waals surface area contributed by atoms with Gasteiger partial charge in [-0.05, 0) is 46.0 Å². The number of carbonyl (C=O) groups excluding carboxylic acids is 2. The lowest BCUT2D eigenvalue weighted by Gasteiger charge is -2.34. The average molecular weight is 390 g/mol. The van der Waals surface area contributed by atoms with E-state index in [9.17, 15) is 18.0 Å². The second-order valence-electron chi connectivity index (χ2n) is 8.07. The van der Waals surface area contributed by atoms with Crippen molar-refractivity contribution in [3.05, 3.63) is 0 Å². The lowest BCUT2D eigenvalue weighted by Crippen LogP contribution is -2.48. The minimum absolute atomic E-state index is 0.00984. The molecule has 1 saturated carbocycles. The predicted octanol–water partition coefficient (Wildman–Crippen LogP) is 1.87. The van der Waals surface area contributed by atoms with Gasteiger partial charge in [-0.25, -0.2) is 4.79 Å². The van der Waals surface area contributed by atoms with E-state index in [1.54, 1.807) is 27.9 Å². The average Bonchev–Trinajstić information content (AvgIpc) is 2.80. The first-order valence-corrected chi connectivity index (χ1v) is 10.7. The molecule has 1 saturated heterocycles. The van der Waals surface area contributed by atoms with E-state index in [4.69, 9.17) is 4.74 Å². The van der Waals surface area contributed by atoms with Crippen molar-refractivity contribution in [1.82, 2.24) is 13.9 Å². The molecule has 0 aromatic rings. The van der Waals surface area contributed by atoms with Crippen LogP contribution in [0.25, 0.3) is 0 Å². The molecule has 1 heterocycles. The number of hydrogen-bond donors (Lipinski definition) is 1. The highest BCUT2D eigenvalue weighted by atomic mass is 32.2. The molecule has 26 heavy (non-hydrogen) atoms. The van der Waals surface area contributed by atoms with Crippen molar-refractivity contribution in [1.29, 1.82) is 0 Å². The Hall–Kier alpha value is -1.35. The van der Waals surface area contributed by atoms with Crippen LogP contribution in [0.5, 0.6) is 0 Å². The maximum absolute atomic E-state index is 12.6. The van der Waals surface area contributed by atoms with Crippen molar-refractivity contribution in [3.8, 4) is 0 Å². The van der Waals surface area contributed by atoms with Gasteiger partial charge in [-0.2, -0.15) is 17.4 Å². The van der Waals surface area contributed by atoms with Crippen LogP contribution in [0, 0.1) is 5.92 Å². The van der Waals surface area contributed by atoms with Crippen LogP contribution < -0.4 is 4.72 Å². The summed E-state index contributed by atoms with van der Waals surface area (Å²) < 4.78 is 33.9. The number of hydrogen-bond acceptors (Lipinski definition) is 5. The lowest BCUT2D eigenvalue weighted by atomic mass is 9.82. The fraction of sp³-hybridized carbons (Fsp3) is 0.882. The number of nitrogens with one attached hydrogen (secondary N) is 1. The maximum atomic E-state index is 12.6. The highest BCUT2D eigenvalue weighted by Gasteiger charge is 2.52. The van der Waals surface area contributed by atoms with Gasteiger partial charge < -0.3 is 9.64 Å². The van der Waals surface area contributed by atoms with Gasteiger partial charge in [-0.15, -0.1) is 0 Å². The fourth-order valence-electron chi connectivity index (χ4n) is 3.75. The lowest BCUT2D eigenvalue weighted by molar-refractivity contribution is -0.134. The molecule has 3 atom stereocenters. The second-order valence-corrected chi connectivity index (χ2v) is 9.65. The molecular weight excluding hydrogens is 358 g/mol. The zero-order valence-electron chi connectivity index (χ0n) is 16.3. The number of unbranched alkanes of at least 4 members (excludes halogenated alkanes) is 1. The van der Waals surface area contributed by atoms with E-state index in [2.05, 4.69) is 4.72 Å². The Morgan fingerprint density at radius 3 is 2.50 bits per heavy atom. The topological polar surface area (TPSA) is 96.0 Å². The van der Waals surface area contributed by atoms with Crippen LogP contribution in [0.3, 0.4) is 0 Å². The van der Waals surface area contributed by atoms with Crippen molar-refractivity contribution in [3.63, 3.8) is 0 Å². The first-order chi connectivity index (χ1) is 12.0. The van der Waals surface area contributed by atoms with Crippen LogP contribution in [0.2, 0.25) is 0 Å². The number of nitrogens with zero attached hydrogens (tertiary/aromatic N) is 2. The molecule has 1 aliphatic heterocycles. The summed E-state index contributed by atoms with van der Waals surface area (Å²) in [4.78, 5) is 26.3. The molecule has 2 fully saturated rings. The summed E-state index contributed by atoms with van der Waals surface area (Å²) in [6, 6.07) is -0.949. The fourth-order valence-corrected chi connectivity index (χ4v) is 5.34. The first-order valence-electron chi connectivity index (χ1n) is 9.24. The van der Waals surface area contributed by atoms with Crippen molar-refractivity contribution in [2.75, 3.05) is 14.1 Å². The number of ether oxygens (including phenoxy) is 1. The van der Waals surface area contributed by atoms with E-state index in [1.165, 1.54) is 4.90 Å². The molecule has 0 radical (unpaired) electrons. The SMILES string of the molecule is CCCCC(C)(C)OC(=O)N1[C@H]2CC[C@H](C(=O)N(C)C)C[C@H]2NS1(=O)=O. The van der Waals surface area contributed by atoms with E-state index in [-0.39, 0.29) is 11.8 Å². The Bertz CT molecular complexity index is 647. The number of amides is 2. The van der Waals surface area contributed by atoms with Crippen molar-refractivity contribution >= 4 is 22.2 Å². The van der Waals surface area contributed by atoms with Gasteiger partial charge in [0.05, 0.1) is 6.04 Å². The molecule has 1 N–H and O–H groups in total. The van der Waals surface area contributed by atoms with Crippen LogP contribution >= 0.6 is 0 Å². The highest BCUT2D eigenvalue weighted by molar-refractivity contribution is 7.88. The third-order valence-corrected chi connectivity index (χ3v) is 6.68. The van der Waals surface area contributed by atoms with Gasteiger partial charge in [0.25, 0.3) is 0 Å². The van der Waals surface area contributed by atoms with Crippen LogP contribution in [0.1, 0.15) is 59.3 Å². The first kappa shape index (κ1) is 21.0. The van der Waals surface area contributed by atoms with E-state index in [0.717, 1.165) is 17.1 Å². The zero-order valence-corrected chi connectivity index (χ0v) is 17.1. The molecule has 0 bridgehead atoms. The van der Waals surface area contributed by atoms with Crippen LogP contribution in [0.4, 0.5) is 4.79 Å². The summed E-state index contributed by atoms with van der Waals surface area (Å²) in [6.07, 6.45) is 3.10. The van der Waals surface area contributed by atoms with Gasteiger partial charge in [0, 0.05) is 26.1 Å². The Kier molecular flexibility index (Phi) is 6.22. The summed E-state index contributed by atoms with van der Waals surface area (Å²) in [5, 5.41) is 0. The van der Waals surface area contributed by atoms with E-state index in [1.807, 2.05) is 6.92 Å². The molecule has 1 aliphatic carbocycles. The number of rotatable bonds is 5. The van der Waals surface area contributed by atoms with E-state index >= 15 is 0 Å². The van der Waals surface area contributed by atoms with Gasteiger partial charge in [0.1, 0.15) is 5.60 Å². The van der Waals surface area contributed by atoms with Crippen LogP contribution in [-0.4, -0.2) is 61.4 Å².